The van der Waals surface area contributed by atoms with Crippen LogP contribution in [0.15, 0.2) is 85.1 Å². The molecule has 8 heteroatoms. The van der Waals surface area contributed by atoms with Gasteiger partial charge in [-0.3, -0.25) is 9.59 Å². The van der Waals surface area contributed by atoms with Gasteiger partial charge in [-0.15, -0.1) is 0 Å². The van der Waals surface area contributed by atoms with Gasteiger partial charge in [-0.2, -0.15) is 0 Å². The van der Waals surface area contributed by atoms with E-state index in [2.05, 4.69) is 98.9 Å². The number of quaternary nitrogens is 1. The molecule has 0 bridgehead atoms. The molecule has 0 spiro atoms. The number of aliphatic carboxylic acids is 1. The van der Waals surface area contributed by atoms with Gasteiger partial charge in [0.25, 0.3) is 0 Å². The molecular weight excluding hydrogens is 811 g/mol. The average Bonchev–Trinajstić information content (AvgIpc) is 3.27. The van der Waals surface area contributed by atoms with E-state index in [1.165, 1.54) is 77.0 Å². The summed E-state index contributed by atoms with van der Waals surface area (Å²) in [5.74, 6) is -1.76. The van der Waals surface area contributed by atoms with Crippen molar-refractivity contribution < 1.29 is 38.2 Å². The number of carboxylic acids is 1. The largest absolute Gasteiger partial charge is 0.544 e. The molecule has 0 heterocycles. The van der Waals surface area contributed by atoms with Crippen LogP contribution in [-0.2, 0) is 28.6 Å². The number of carbonyl (C=O) groups is 3. The Kier molecular flexibility index (Phi) is 44.5. The molecule has 0 aliphatic rings. The number of esters is 2. The van der Waals surface area contributed by atoms with Crippen LogP contribution in [0.3, 0.4) is 0 Å². The molecule has 0 aromatic rings. The number of nitrogens with zero attached hydrogens (tertiary/aromatic N) is 1. The third kappa shape index (κ3) is 45.5. The van der Waals surface area contributed by atoms with E-state index < -0.39 is 18.1 Å². The van der Waals surface area contributed by atoms with Crippen LogP contribution in [0.4, 0.5) is 0 Å². The zero-order chi connectivity index (χ0) is 47.7. The fraction of sp³-hybridized carbons (Fsp3) is 0.702. The third-order valence-corrected chi connectivity index (χ3v) is 11.3. The number of carbonyl (C=O) groups excluding carboxylic acids is 3. The number of unbranched alkanes of at least 4 members (excludes halogenated alkanes) is 18. The minimum Gasteiger partial charge on any atom is -0.544 e. The topological polar surface area (TPSA) is 102 Å². The molecule has 0 saturated carbocycles. The first-order valence-electron chi connectivity index (χ1n) is 26.1. The molecule has 0 radical (unpaired) electrons. The Hall–Kier alpha value is -3.49. The molecule has 0 N–H and O–H groups in total. The summed E-state index contributed by atoms with van der Waals surface area (Å²) < 4.78 is 17.2. The minimum atomic E-state index is -1.13. The summed E-state index contributed by atoms with van der Waals surface area (Å²) >= 11 is 0. The van der Waals surface area contributed by atoms with Crippen molar-refractivity contribution in [1.29, 1.82) is 0 Å². The molecule has 0 aliphatic carbocycles. The Labute approximate surface area is 399 Å². The highest BCUT2D eigenvalue weighted by atomic mass is 16.6. The Morgan fingerprint density at radius 2 is 0.862 bits per heavy atom. The molecule has 65 heavy (non-hydrogen) atoms. The van der Waals surface area contributed by atoms with Gasteiger partial charge in [-0.1, -0.05) is 182 Å². The number of rotatable bonds is 46. The second-order valence-corrected chi connectivity index (χ2v) is 18.4. The lowest BCUT2D eigenvalue weighted by Crippen LogP contribution is -2.55. The Morgan fingerprint density at radius 3 is 1.28 bits per heavy atom. The van der Waals surface area contributed by atoms with E-state index in [1.54, 1.807) is 21.1 Å². The second kappa shape index (κ2) is 47.0. The summed E-state index contributed by atoms with van der Waals surface area (Å²) in [6.45, 7) is 4.51. The van der Waals surface area contributed by atoms with Gasteiger partial charge in [0.05, 0.1) is 40.3 Å². The van der Waals surface area contributed by atoms with Crippen LogP contribution < -0.4 is 5.11 Å². The fourth-order valence-corrected chi connectivity index (χ4v) is 7.25. The van der Waals surface area contributed by atoms with Crippen LogP contribution in [0.1, 0.15) is 206 Å². The van der Waals surface area contributed by atoms with Gasteiger partial charge in [0.1, 0.15) is 12.6 Å². The van der Waals surface area contributed by atoms with E-state index in [-0.39, 0.29) is 42.7 Å². The molecule has 2 unspecified atom stereocenters. The molecule has 0 rings (SSSR count). The van der Waals surface area contributed by atoms with Crippen LogP contribution in [0.25, 0.3) is 0 Å². The van der Waals surface area contributed by atoms with E-state index in [4.69, 9.17) is 14.2 Å². The Bertz CT molecular complexity index is 1330. The van der Waals surface area contributed by atoms with E-state index in [9.17, 15) is 19.5 Å². The predicted molar refractivity (Wildman–Crippen MR) is 272 cm³/mol. The number of likely N-dealkylation sites (N-methyl/N-ethyl adjacent to an activating group) is 1. The number of carboxylic acid groups (broad SMARTS) is 1. The van der Waals surface area contributed by atoms with Crippen molar-refractivity contribution in [3.05, 3.63) is 85.1 Å². The van der Waals surface area contributed by atoms with Gasteiger partial charge in [0, 0.05) is 19.3 Å². The number of ether oxygens (including phenoxy) is 3. The fourth-order valence-electron chi connectivity index (χ4n) is 7.25. The summed E-state index contributed by atoms with van der Waals surface area (Å²) in [6, 6.07) is -0.734. The van der Waals surface area contributed by atoms with Crippen LogP contribution in [0.5, 0.6) is 0 Å². The van der Waals surface area contributed by atoms with Crippen molar-refractivity contribution in [3.63, 3.8) is 0 Å². The van der Waals surface area contributed by atoms with Gasteiger partial charge in [0.15, 0.2) is 6.10 Å². The summed E-state index contributed by atoms with van der Waals surface area (Å²) in [4.78, 5) is 37.1. The smallest absolute Gasteiger partial charge is 0.306 e. The monoisotopic (exact) mass is 908 g/mol. The molecule has 0 aromatic carbocycles. The molecule has 2 atom stereocenters. The molecule has 0 amide bonds. The maximum Gasteiger partial charge on any atom is 0.306 e. The Balaban J connectivity index is 4.28. The summed E-state index contributed by atoms with van der Waals surface area (Å²) in [7, 11) is 5.40. The van der Waals surface area contributed by atoms with Crippen molar-refractivity contribution in [2.75, 3.05) is 41.0 Å². The average molecular weight is 908 g/mol. The number of allylic oxidation sites excluding steroid dienone is 14. The lowest BCUT2D eigenvalue weighted by molar-refractivity contribution is -0.889. The van der Waals surface area contributed by atoms with Gasteiger partial charge >= 0.3 is 11.9 Å². The van der Waals surface area contributed by atoms with Gasteiger partial charge in [-0.05, 0) is 89.9 Å². The van der Waals surface area contributed by atoms with E-state index in [1.807, 2.05) is 0 Å². The second-order valence-electron chi connectivity index (χ2n) is 18.4. The maximum atomic E-state index is 12.8. The first-order chi connectivity index (χ1) is 31.6. The van der Waals surface area contributed by atoms with Crippen LogP contribution >= 0.6 is 0 Å². The van der Waals surface area contributed by atoms with E-state index >= 15 is 0 Å². The normalized spacial score (nSPS) is 13.6. The van der Waals surface area contributed by atoms with Crippen molar-refractivity contribution >= 4 is 17.9 Å². The number of hydrogen-bond donors (Lipinski definition) is 0. The first kappa shape index (κ1) is 61.5. The van der Waals surface area contributed by atoms with Crippen LogP contribution in [-0.4, -0.2) is 75.5 Å². The van der Waals surface area contributed by atoms with Crippen molar-refractivity contribution in [1.82, 2.24) is 0 Å². The summed E-state index contributed by atoms with van der Waals surface area (Å²) in [5, 5.41) is 11.7. The van der Waals surface area contributed by atoms with Crippen molar-refractivity contribution in [3.8, 4) is 0 Å². The summed E-state index contributed by atoms with van der Waals surface area (Å²) in [6.07, 6.45) is 61.8. The van der Waals surface area contributed by atoms with Crippen LogP contribution in [0, 0.1) is 0 Å². The quantitative estimate of drug-likeness (QED) is 0.0259. The predicted octanol–water partition coefficient (Wildman–Crippen LogP) is 13.9. The molecule has 0 saturated heterocycles. The minimum absolute atomic E-state index is 0.0288. The van der Waals surface area contributed by atoms with Gasteiger partial charge in [-0.25, -0.2) is 0 Å². The standard InChI is InChI=1S/C57H97NO7/c1-6-8-10-12-14-16-18-20-22-24-26-27-28-30-31-33-35-37-39-41-43-45-47-55(59)64-52-53(51-63-50-49-54(57(61)62)58(3,4)5)65-56(60)48-46-44-42-40-38-36-34-32-29-25-23-21-19-17-15-13-11-9-7-2/h9,11,14-17,20-23,26-27,29,32,53-54H,6-8,10,12-13,18-19,24-25,28,30-31,33-52H2,1-5H3/b11-9+,16-14+,17-15+,22-20+,23-21+,27-26+,32-29+. The lowest BCUT2D eigenvalue weighted by Gasteiger charge is -2.34. The Morgan fingerprint density at radius 1 is 0.477 bits per heavy atom. The molecule has 0 fully saturated rings. The first-order valence-corrected chi connectivity index (χ1v) is 26.1. The van der Waals surface area contributed by atoms with Gasteiger partial charge in [0.2, 0.25) is 0 Å². The molecule has 372 valence electrons. The molecule has 8 nitrogen and oxygen atoms in total. The maximum absolute atomic E-state index is 12.8. The van der Waals surface area contributed by atoms with E-state index in [0.29, 0.717) is 12.8 Å². The highest BCUT2D eigenvalue weighted by Crippen LogP contribution is 2.14. The van der Waals surface area contributed by atoms with Crippen molar-refractivity contribution in [2.45, 2.75) is 219 Å². The lowest BCUT2D eigenvalue weighted by atomic mass is 10.1. The van der Waals surface area contributed by atoms with E-state index in [0.717, 1.165) is 96.3 Å². The molecule has 0 aliphatic heterocycles. The molecule has 0 aromatic heterocycles. The SMILES string of the molecule is CC/C=C/C/C=C/C/C=C/C/C=C/CCCCCCCCC(=O)OC(COCCC(C(=O)[O-])[N+](C)(C)C)COC(=O)CCCCCCCCCCC/C=C/C/C=C/C/C=C/CCCCC. The van der Waals surface area contributed by atoms with Gasteiger partial charge < -0.3 is 28.6 Å². The zero-order valence-corrected chi connectivity index (χ0v) is 42.4. The number of hydrogen-bond acceptors (Lipinski definition) is 7. The van der Waals surface area contributed by atoms with Crippen LogP contribution in [0.2, 0.25) is 0 Å². The summed E-state index contributed by atoms with van der Waals surface area (Å²) in [5.41, 5.74) is 0. The third-order valence-electron chi connectivity index (χ3n) is 11.3. The highest BCUT2D eigenvalue weighted by Gasteiger charge is 2.25. The highest BCUT2D eigenvalue weighted by molar-refractivity contribution is 5.70. The van der Waals surface area contributed by atoms with Crippen molar-refractivity contribution in [2.24, 2.45) is 0 Å². The molecular formula is C57H97NO7. The zero-order valence-electron chi connectivity index (χ0n) is 42.4.